The normalized spacial score (nSPS) is 21.2. The van der Waals surface area contributed by atoms with Gasteiger partial charge in [0.1, 0.15) is 12.3 Å². The number of aliphatic carboxylic acids is 3. The number of ether oxygens (including phenoxy) is 1. The number of hydrogen-bond donors (Lipinski definition) is 8. The van der Waals surface area contributed by atoms with Gasteiger partial charge in [-0.2, -0.15) is 0 Å². The van der Waals surface area contributed by atoms with E-state index in [-0.39, 0.29) is 76.7 Å². The first-order chi connectivity index (χ1) is 25.7. The van der Waals surface area contributed by atoms with Gasteiger partial charge >= 0.3 is 23.6 Å². The summed E-state index contributed by atoms with van der Waals surface area (Å²) in [6.07, 6.45) is 1.08. The van der Waals surface area contributed by atoms with Gasteiger partial charge in [0.15, 0.2) is 0 Å². The Morgan fingerprint density at radius 3 is 1.57 bits per heavy atom. The van der Waals surface area contributed by atoms with Crippen molar-refractivity contribution in [1.82, 2.24) is 39.8 Å². The number of H-pyrrole nitrogens is 1. The Balaban J connectivity index is 1.39. The lowest BCUT2D eigenvalue weighted by molar-refractivity contribution is -0.140. The first-order valence-electron chi connectivity index (χ1n) is 18.1. The smallest absolute Gasteiger partial charge is 0.330 e. The molecule has 0 saturated carbocycles. The van der Waals surface area contributed by atoms with E-state index in [1.807, 2.05) is 4.90 Å². The zero-order valence-electron chi connectivity index (χ0n) is 30.4. The average molecular weight is 771 g/mol. The number of aliphatic hydroxyl groups is 2. The summed E-state index contributed by atoms with van der Waals surface area (Å²) >= 11 is 0. The van der Waals surface area contributed by atoms with E-state index < -0.39 is 60.1 Å². The Morgan fingerprint density at radius 2 is 1.15 bits per heavy atom. The number of carbonyl (C=O) groups is 5. The predicted molar refractivity (Wildman–Crippen MR) is 190 cm³/mol. The van der Waals surface area contributed by atoms with Crippen molar-refractivity contribution in [3.8, 4) is 0 Å². The molecular formula is C33H54N8O13. The number of hydrogen-bond acceptors (Lipinski definition) is 14. The zero-order valence-corrected chi connectivity index (χ0v) is 30.4. The van der Waals surface area contributed by atoms with Gasteiger partial charge in [-0.15, -0.1) is 0 Å². The van der Waals surface area contributed by atoms with E-state index in [4.69, 9.17) is 4.74 Å². The molecule has 1 aromatic heterocycles. The van der Waals surface area contributed by atoms with E-state index in [9.17, 15) is 59.1 Å². The second-order valence-electron chi connectivity index (χ2n) is 13.5. The fourth-order valence-electron chi connectivity index (χ4n) is 6.26. The second-order valence-corrected chi connectivity index (χ2v) is 13.5. The number of nitrogens with one attached hydrogen (secondary N) is 3. The quantitative estimate of drug-likeness (QED) is 0.0622. The standard InChI is InChI=1S/C33H54N8O13/c42-22-25-24(43)16-28(54-25)41-17-23(32(52)36-33(41)53)15-26(44)34-5-3-1-2-4-6-35-27(45)18-37-7-9-38(19-29(46)47)11-13-40(21-31(50)51)14-12-39(10-8-37)20-30(48)49/h17,24-25,28,42-43H,1-16,18-22H2,(H,34,44)(H,35,45)(H,46,47)(H,48,49)(H,50,51)(H,36,52,53)/t24-,25+,28+/m0/s1. The molecule has 2 aliphatic rings. The SMILES string of the molecule is O=C(O)CN1CCN(CC(=O)O)CCN(CC(=O)NCCCCCCNC(=O)Cc2cn([C@H]3C[C@H](O)[C@@H](CO)O3)c(=O)[nH]c2=O)CCN(CC(=O)O)CC1. The molecule has 2 amide bonds. The van der Waals surface area contributed by atoms with E-state index in [2.05, 4.69) is 15.6 Å². The van der Waals surface area contributed by atoms with Crippen LogP contribution in [0.4, 0.5) is 0 Å². The third-order valence-corrected chi connectivity index (χ3v) is 9.21. The molecular weight excluding hydrogens is 716 g/mol. The molecule has 0 spiro atoms. The first-order valence-corrected chi connectivity index (χ1v) is 18.1. The van der Waals surface area contributed by atoms with Crippen LogP contribution in [-0.4, -0.2) is 195 Å². The van der Waals surface area contributed by atoms with Crippen LogP contribution in [0, 0.1) is 0 Å². The molecule has 0 radical (unpaired) electrons. The van der Waals surface area contributed by atoms with Crippen molar-refractivity contribution in [3.63, 3.8) is 0 Å². The highest BCUT2D eigenvalue weighted by atomic mass is 16.5. The number of unbranched alkanes of at least 4 members (excludes halogenated alkanes) is 3. The maximum Gasteiger partial charge on any atom is 0.330 e. The van der Waals surface area contributed by atoms with E-state index in [1.54, 1.807) is 14.7 Å². The van der Waals surface area contributed by atoms with Crippen molar-refractivity contribution < 1.29 is 54.2 Å². The van der Waals surface area contributed by atoms with Gasteiger partial charge in [-0.1, -0.05) is 12.8 Å². The van der Waals surface area contributed by atoms with Crippen molar-refractivity contribution >= 4 is 29.7 Å². The van der Waals surface area contributed by atoms with Gasteiger partial charge in [-0.25, -0.2) is 4.79 Å². The summed E-state index contributed by atoms with van der Waals surface area (Å²) in [5, 5.41) is 53.0. The Hall–Kier alpha value is -4.25. The van der Waals surface area contributed by atoms with Gasteiger partial charge in [0.25, 0.3) is 5.56 Å². The maximum absolute atomic E-state index is 12.8. The fourth-order valence-corrected chi connectivity index (χ4v) is 6.26. The highest BCUT2D eigenvalue weighted by molar-refractivity contribution is 5.78. The number of amides is 2. The topological polar surface area (TPSA) is 288 Å². The Morgan fingerprint density at radius 1 is 0.704 bits per heavy atom. The van der Waals surface area contributed by atoms with E-state index in [0.29, 0.717) is 52.1 Å². The minimum atomic E-state index is -1.04. The minimum absolute atomic E-state index is 0.0260. The van der Waals surface area contributed by atoms with Crippen molar-refractivity contribution in [2.45, 2.75) is 57.0 Å². The van der Waals surface area contributed by atoms with Gasteiger partial charge in [-0.05, 0) is 12.8 Å². The van der Waals surface area contributed by atoms with E-state index in [0.717, 1.165) is 17.4 Å². The third kappa shape index (κ3) is 16.0. The number of aliphatic hydroxyl groups excluding tert-OH is 2. The molecule has 0 unspecified atom stereocenters. The lowest BCUT2D eigenvalue weighted by atomic mass is 10.2. The Labute approximate surface area is 311 Å². The largest absolute Gasteiger partial charge is 0.480 e. The molecule has 3 rings (SSSR count). The summed E-state index contributed by atoms with van der Waals surface area (Å²) < 4.78 is 6.57. The van der Waals surface area contributed by atoms with Crippen molar-refractivity contribution in [3.05, 3.63) is 32.6 Å². The zero-order chi connectivity index (χ0) is 39.6. The summed E-state index contributed by atoms with van der Waals surface area (Å²) in [6.45, 7) is 2.04. The molecule has 1 aromatic rings. The number of aromatic nitrogens is 2. The van der Waals surface area contributed by atoms with E-state index in [1.165, 1.54) is 6.20 Å². The van der Waals surface area contributed by atoms with Gasteiger partial charge in [0.05, 0.1) is 45.3 Å². The minimum Gasteiger partial charge on any atom is -0.480 e. The molecule has 54 heavy (non-hydrogen) atoms. The molecule has 2 fully saturated rings. The lowest BCUT2D eigenvalue weighted by Crippen LogP contribution is -2.49. The highest BCUT2D eigenvalue weighted by Gasteiger charge is 2.35. The Bertz CT molecular complexity index is 1490. The second kappa shape index (κ2) is 22.8. The monoisotopic (exact) mass is 770 g/mol. The molecule has 3 heterocycles. The lowest BCUT2D eigenvalue weighted by Gasteiger charge is -2.32. The van der Waals surface area contributed by atoms with Crippen LogP contribution in [0.25, 0.3) is 0 Å². The highest BCUT2D eigenvalue weighted by Crippen LogP contribution is 2.27. The van der Waals surface area contributed by atoms with Crippen LogP contribution in [-0.2, 0) is 35.1 Å². The molecule has 0 bridgehead atoms. The number of nitrogens with zero attached hydrogens (tertiary/aromatic N) is 5. The molecule has 304 valence electrons. The number of carbonyl (C=O) groups excluding carboxylic acids is 2. The molecule has 0 aromatic carbocycles. The summed E-state index contributed by atoms with van der Waals surface area (Å²) in [5.41, 5.74) is -1.42. The van der Waals surface area contributed by atoms with Gasteiger partial charge in [0.2, 0.25) is 11.8 Å². The van der Waals surface area contributed by atoms with Gasteiger partial charge in [-0.3, -0.25) is 57.9 Å². The summed E-state index contributed by atoms with van der Waals surface area (Å²) in [5.74, 6) is -3.75. The van der Waals surface area contributed by atoms with Crippen LogP contribution in [0.1, 0.15) is 43.9 Å². The first kappa shape index (κ1) is 44.1. The van der Waals surface area contributed by atoms with Crippen LogP contribution in [0.3, 0.4) is 0 Å². The summed E-state index contributed by atoms with van der Waals surface area (Å²) in [4.78, 5) is 93.3. The van der Waals surface area contributed by atoms with E-state index >= 15 is 0 Å². The molecule has 8 N–H and O–H groups in total. The molecule has 3 atom stereocenters. The number of carboxylic acids is 3. The molecule has 0 aliphatic carbocycles. The third-order valence-electron chi connectivity index (χ3n) is 9.21. The fraction of sp³-hybridized carbons (Fsp3) is 0.727. The van der Waals surface area contributed by atoms with Crippen molar-refractivity contribution in [1.29, 1.82) is 0 Å². The molecule has 21 heteroatoms. The van der Waals surface area contributed by atoms with Crippen molar-refractivity contribution in [2.75, 3.05) is 98.2 Å². The van der Waals surface area contributed by atoms with Crippen molar-refractivity contribution in [2.24, 2.45) is 0 Å². The van der Waals surface area contributed by atoms with Crippen LogP contribution in [0.2, 0.25) is 0 Å². The molecule has 2 aliphatic heterocycles. The van der Waals surface area contributed by atoms with Crippen LogP contribution >= 0.6 is 0 Å². The average Bonchev–Trinajstić information content (AvgIpc) is 3.47. The van der Waals surface area contributed by atoms with Crippen LogP contribution < -0.4 is 21.9 Å². The molecule has 21 nitrogen and oxygen atoms in total. The van der Waals surface area contributed by atoms with Gasteiger partial charge < -0.3 is 40.9 Å². The Kier molecular flexibility index (Phi) is 18.7. The molecule has 2 saturated heterocycles. The van der Waals surface area contributed by atoms with Gasteiger partial charge in [0, 0.05) is 83.6 Å². The summed E-state index contributed by atoms with van der Waals surface area (Å²) in [7, 11) is 0. The van der Waals surface area contributed by atoms with Crippen LogP contribution in [0.15, 0.2) is 15.8 Å². The van der Waals surface area contributed by atoms with Crippen LogP contribution in [0.5, 0.6) is 0 Å². The number of rotatable bonds is 19. The number of carboxylic acid groups (broad SMARTS) is 3. The predicted octanol–water partition coefficient (Wildman–Crippen LogP) is -4.01. The number of aromatic amines is 1. The maximum atomic E-state index is 12.8. The summed E-state index contributed by atoms with van der Waals surface area (Å²) in [6, 6.07) is 0.